The molecule has 34 heavy (non-hydrogen) atoms. The Bertz CT molecular complexity index is 1110. The van der Waals surface area contributed by atoms with Gasteiger partial charge in [-0.15, -0.1) is 0 Å². The van der Waals surface area contributed by atoms with Crippen molar-refractivity contribution in [1.82, 2.24) is 24.1 Å². The van der Waals surface area contributed by atoms with Gasteiger partial charge in [0.1, 0.15) is 17.9 Å². The Kier molecular flexibility index (Phi) is 7.39. The van der Waals surface area contributed by atoms with E-state index in [0.717, 1.165) is 0 Å². The largest absolute Gasteiger partial charge is 0.350 e. The second-order valence-electron chi connectivity index (χ2n) is 8.67. The smallest absolute Gasteiger partial charge is 0.282 e. The molecule has 0 aromatic heterocycles. The number of nitriles is 1. The molecule has 1 aromatic carbocycles. The molecule has 184 valence electrons. The first-order valence-corrected chi connectivity index (χ1v) is 12.9. The standard InChI is InChI=1S/C21H26ClFN6O4S/c22-16-4-3-14(8-17(16)23)10-26-20(30)19-2-1-6-29(19)21(31)18-13-27(7-5-25-18)34(32,33)28-11-15(9-24)12-28/h3-4,8,15,18-19,25H,1-2,5-7,10-13H2,(H,26,30)/t18-,19+/m0/s1. The van der Waals surface area contributed by atoms with E-state index in [1.165, 1.54) is 25.6 Å². The number of carbonyl (C=O) groups is 2. The molecule has 0 unspecified atom stereocenters. The molecule has 0 radical (unpaired) electrons. The van der Waals surface area contributed by atoms with Crippen LogP contribution in [0.1, 0.15) is 18.4 Å². The molecule has 2 atom stereocenters. The minimum atomic E-state index is -3.75. The van der Waals surface area contributed by atoms with Gasteiger partial charge < -0.3 is 15.5 Å². The highest BCUT2D eigenvalue weighted by molar-refractivity contribution is 7.86. The van der Waals surface area contributed by atoms with Crippen LogP contribution in [0.3, 0.4) is 0 Å². The fourth-order valence-electron chi connectivity index (χ4n) is 4.43. The number of carbonyl (C=O) groups excluding carboxylic acids is 2. The van der Waals surface area contributed by atoms with Gasteiger partial charge in [0, 0.05) is 45.8 Å². The van der Waals surface area contributed by atoms with E-state index in [4.69, 9.17) is 16.9 Å². The molecule has 3 heterocycles. The van der Waals surface area contributed by atoms with E-state index in [-0.39, 0.29) is 55.5 Å². The molecule has 10 nitrogen and oxygen atoms in total. The first-order valence-electron chi connectivity index (χ1n) is 11.1. The molecule has 3 aliphatic heterocycles. The van der Waals surface area contributed by atoms with Crippen LogP contribution in [0, 0.1) is 23.1 Å². The monoisotopic (exact) mass is 512 g/mol. The lowest BCUT2D eigenvalue weighted by Gasteiger charge is -2.41. The Hall–Kier alpha value is -2.30. The van der Waals surface area contributed by atoms with E-state index in [0.29, 0.717) is 31.5 Å². The first kappa shape index (κ1) is 24.8. The molecular weight excluding hydrogens is 487 g/mol. The fourth-order valence-corrected chi connectivity index (χ4v) is 6.27. The molecule has 1 aromatic rings. The molecule has 0 aliphatic carbocycles. The summed E-state index contributed by atoms with van der Waals surface area (Å²) in [5, 5.41) is 14.7. The summed E-state index contributed by atoms with van der Waals surface area (Å²) in [6.45, 7) is 1.30. The third-order valence-corrected chi connectivity index (χ3v) is 8.65. The summed E-state index contributed by atoms with van der Waals surface area (Å²) in [5.41, 5.74) is 0.547. The van der Waals surface area contributed by atoms with Crippen LogP contribution >= 0.6 is 11.6 Å². The average Bonchev–Trinajstić information content (AvgIpc) is 3.28. The lowest BCUT2D eigenvalue weighted by Crippen LogP contribution is -2.63. The first-order chi connectivity index (χ1) is 16.2. The molecule has 2 amide bonds. The van der Waals surface area contributed by atoms with Gasteiger partial charge in [-0.25, -0.2) is 4.39 Å². The number of hydrogen-bond acceptors (Lipinski definition) is 6. The van der Waals surface area contributed by atoms with Crippen molar-refractivity contribution in [3.63, 3.8) is 0 Å². The van der Waals surface area contributed by atoms with Gasteiger partial charge in [0.15, 0.2) is 0 Å². The third-order valence-electron chi connectivity index (χ3n) is 6.41. The summed E-state index contributed by atoms with van der Waals surface area (Å²) in [6, 6.07) is 4.88. The van der Waals surface area contributed by atoms with Crippen molar-refractivity contribution in [1.29, 1.82) is 5.26 Å². The number of nitrogens with one attached hydrogen (secondary N) is 2. The molecule has 3 aliphatic rings. The third kappa shape index (κ3) is 5.04. The minimum absolute atomic E-state index is 0.00216. The van der Waals surface area contributed by atoms with Gasteiger partial charge in [0.25, 0.3) is 10.2 Å². The summed E-state index contributed by atoms with van der Waals surface area (Å²) in [7, 11) is -3.75. The molecule has 2 N–H and O–H groups in total. The van der Waals surface area contributed by atoms with Crippen molar-refractivity contribution in [3.8, 4) is 6.07 Å². The van der Waals surface area contributed by atoms with E-state index in [1.807, 2.05) is 0 Å². The number of nitrogens with zero attached hydrogens (tertiary/aromatic N) is 4. The van der Waals surface area contributed by atoms with Crippen LogP contribution in [0.5, 0.6) is 0 Å². The van der Waals surface area contributed by atoms with E-state index in [2.05, 4.69) is 16.7 Å². The van der Waals surface area contributed by atoms with Gasteiger partial charge in [-0.3, -0.25) is 9.59 Å². The maximum absolute atomic E-state index is 13.6. The topological polar surface area (TPSA) is 126 Å². The molecule has 0 saturated carbocycles. The van der Waals surface area contributed by atoms with Crippen molar-refractivity contribution >= 4 is 33.6 Å². The van der Waals surface area contributed by atoms with Gasteiger partial charge in [-0.05, 0) is 30.5 Å². The van der Waals surface area contributed by atoms with Crippen molar-refractivity contribution in [3.05, 3.63) is 34.6 Å². The van der Waals surface area contributed by atoms with Gasteiger partial charge in [-0.2, -0.15) is 22.3 Å². The quantitative estimate of drug-likeness (QED) is 0.555. The van der Waals surface area contributed by atoms with Crippen LogP contribution < -0.4 is 10.6 Å². The molecule has 0 bridgehead atoms. The van der Waals surface area contributed by atoms with E-state index in [9.17, 15) is 22.4 Å². The van der Waals surface area contributed by atoms with Gasteiger partial charge in [0.2, 0.25) is 11.8 Å². The zero-order valence-corrected chi connectivity index (χ0v) is 20.0. The van der Waals surface area contributed by atoms with Gasteiger partial charge in [-0.1, -0.05) is 17.7 Å². The maximum atomic E-state index is 13.6. The highest BCUT2D eigenvalue weighted by Gasteiger charge is 2.44. The Labute approximate surface area is 202 Å². The Morgan fingerprint density at radius 1 is 1.24 bits per heavy atom. The predicted molar refractivity (Wildman–Crippen MR) is 121 cm³/mol. The van der Waals surface area contributed by atoms with Crippen LogP contribution in [0.4, 0.5) is 4.39 Å². The number of piperazine rings is 1. The lowest BCUT2D eigenvalue weighted by atomic mass is 10.1. The zero-order valence-electron chi connectivity index (χ0n) is 18.4. The number of rotatable bonds is 6. The van der Waals surface area contributed by atoms with Crippen LogP contribution in [-0.4, -0.2) is 85.1 Å². The van der Waals surface area contributed by atoms with Crippen molar-refractivity contribution in [2.24, 2.45) is 5.92 Å². The summed E-state index contributed by atoms with van der Waals surface area (Å²) in [5.74, 6) is -1.54. The normalized spacial score (nSPS) is 24.4. The van der Waals surface area contributed by atoms with Crippen LogP contribution in [-0.2, 0) is 26.3 Å². The van der Waals surface area contributed by atoms with E-state index in [1.54, 1.807) is 6.07 Å². The van der Waals surface area contributed by atoms with Gasteiger partial charge >= 0.3 is 0 Å². The van der Waals surface area contributed by atoms with E-state index >= 15 is 0 Å². The fraction of sp³-hybridized carbons (Fsp3) is 0.571. The maximum Gasteiger partial charge on any atom is 0.282 e. The zero-order chi connectivity index (χ0) is 24.5. The minimum Gasteiger partial charge on any atom is -0.350 e. The summed E-state index contributed by atoms with van der Waals surface area (Å²) in [6.07, 6.45) is 1.14. The summed E-state index contributed by atoms with van der Waals surface area (Å²) < 4.78 is 41.8. The average molecular weight is 513 g/mol. The van der Waals surface area contributed by atoms with E-state index < -0.39 is 28.1 Å². The number of amides is 2. The second kappa shape index (κ2) is 10.1. The number of benzene rings is 1. The molecule has 13 heteroatoms. The van der Waals surface area contributed by atoms with Crippen molar-refractivity contribution in [2.75, 3.05) is 39.3 Å². The number of hydrogen-bond donors (Lipinski definition) is 2. The second-order valence-corrected chi connectivity index (χ2v) is 11.0. The lowest BCUT2D eigenvalue weighted by molar-refractivity contribution is -0.140. The highest BCUT2D eigenvalue weighted by Crippen LogP contribution is 2.24. The Morgan fingerprint density at radius 2 is 2.00 bits per heavy atom. The Morgan fingerprint density at radius 3 is 2.71 bits per heavy atom. The molecule has 3 fully saturated rings. The highest BCUT2D eigenvalue weighted by atomic mass is 35.5. The number of halogens is 2. The summed E-state index contributed by atoms with van der Waals surface area (Å²) >= 11 is 5.69. The molecule has 3 saturated heterocycles. The van der Waals surface area contributed by atoms with Gasteiger partial charge in [0.05, 0.1) is 17.0 Å². The summed E-state index contributed by atoms with van der Waals surface area (Å²) in [4.78, 5) is 27.5. The Balaban J connectivity index is 1.36. The molecular formula is C21H26ClFN6O4S. The molecule has 4 rings (SSSR count). The van der Waals surface area contributed by atoms with Crippen LogP contribution in [0.15, 0.2) is 18.2 Å². The number of likely N-dealkylation sites (tertiary alicyclic amines) is 1. The van der Waals surface area contributed by atoms with Crippen molar-refractivity contribution < 1.29 is 22.4 Å². The van der Waals surface area contributed by atoms with Crippen LogP contribution in [0.25, 0.3) is 0 Å². The SMILES string of the molecule is N#CC1CN(S(=O)(=O)N2CCN[C@H](C(=O)N3CCC[C@@H]3C(=O)NCc3ccc(Cl)c(F)c3)C2)C1. The predicted octanol–water partition coefficient (Wildman–Crippen LogP) is 0.0603. The van der Waals surface area contributed by atoms with Crippen molar-refractivity contribution in [2.45, 2.75) is 31.5 Å². The van der Waals surface area contributed by atoms with Crippen LogP contribution in [0.2, 0.25) is 5.02 Å². The molecule has 0 spiro atoms.